The van der Waals surface area contributed by atoms with E-state index in [1.54, 1.807) is 0 Å². The lowest BCUT2D eigenvalue weighted by molar-refractivity contribution is 1.20. The Morgan fingerprint density at radius 1 is 1.10 bits per heavy atom. The maximum atomic E-state index is 6.11. The van der Waals surface area contributed by atoms with Crippen molar-refractivity contribution in [1.82, 2.24) is 9.97 Å². The summed E-state index contributed by atoms with van der Waals surface area (Å²) in [7, 11) is 0. The first-order valence-corrected chi connectivity index (χ1v) is 6.77. The average molecular weight is 284 g/mol. The van der Waals surface area contributed by atoms with Crippen molar-refractivity contribution in [1.29, 1.82) is 0 Å². The molecule has 0 aliphatic carbocycles. The molecule has 0 fully saturated rings. The van der Waals surface area contributed by atoms with Gasteiger partial charge in [0.15, 0.2) is 0 Å². The molecule has 0 aliphatic rings. The van der Waals surface area contributed by atoms with Crippen LogP contribution in [0.1, 0.15) is 11.1 Å². The van der Waals surface area contributed by atoms with E-state index in [-0.39, 0.29) is 0 Å². The Morgan fingerprint density at radius 3 is 2.80 bits per heavy atom. The van der Waals surface area contributed by atoms with Gasteiger partial charge in [-0.05, 0) is 43.7 Å². The topological polar surface area (TPSA) is 37.8 Å². The Morgan fingerprint density at radius 2 is 1.95 bits per heavy atom. The lowest BCUT2D eigenvalue weighted by atomic mass is 10.2. The van der Waals surface area contributed by atoms with Crippen molar-refractivity contribution in [2.75, 3.05) is 5.32 Å². The standard InChI is InChI=1S/C16H14ClN3/c1-10-6-7-15-12(8-10)9-18-16(20-15)19-14-5-3-4-13(17)11(14)2/h3-9H,1-2H3,(H,18,19,20). The first-order chi connectivity index (χ1) is 9.63. The highest BCUT2D eigenvalue weighted by molar-refractivity contribution is 6.31. The molecule has 100 valence electrons. The molecule has 0 unspecified atom stereocenters. The van der Waals surface area contributed by atoms with E-state index in [0.717, 1.165) is 27.2 Å². The maximum Gasteiger partial charge on any atom is 0.227 e. The van der Waals surface area contributed by atoms with Crippen LogP contribution in [0.25, 0.3) is 10.9 Å². The van der Waals surface area contributed by atoms with E-state index < -0.39 is 0 Å². The van der Waals surface area contributed by atoms with Gasteiger partial charge in [-0.3, -0.25) is 0 Å². The number of aryl methyl sites for hydroxylation is 1. The van der Waals surface area contributed by atoms with Crippen LogP contribution in [0.5, 0.6) is 0 Å². The van der Waals surface area contributed by atoms with Crippen molar-refractivity contribution in [3.8, 4) is 0 Å². The number of anilines is 2. The van der Waals surface area contributed by atoms with Gasteiger partial charge in [-0.15, -0.1) is 0 Å². The van der Waals surface area contributed by atoms with Crippen LogP contribution in [0.3, 0.4) is 0 Å². The molecule has 0 atom stereocenters. The Labute approximate surface area is 122 Å². The summed E-state index contributed by atoms with van der Waals surface area (Å²) in [6, 6.07) is 11.9. The summed E-state index contributed by atoms with van der Waals surface area (Å²) in [5.74, 6) is 0.576. The summed E-state index contributed by atoms with van der Waals surface area (Å²) in [4.78, 5) is 8.87. The number of nitrogens with zero attached hydrogens (tertiary/aromatic N) is 2. The molecular weight excluding hydrogens is 270 g/mol. The van der Waals surface area contributed by atoms with Crippen LogP contribution in [-0.4, -0.2) is 9.97 Å². The predicted molar refractivity (Wildman–Crippen MR) is 83.7 cm³/mol. The second-order valence-electron chi connectivity index (χ2n) is 4.79. The number of hydrogen-bond acceptors (Lipinski definition) is 3. The quantitative estimate of drug-likeness (QED) is 0.744. The summed E-state index contributed by atoms with van der Waals surface area (Å²) in [6.45, 7) is 4.02. The van der Waals surface area contributed by atoms with E-state index in [4.69, 9.17) is 11.6 Å². The van der Waals surface area contributed by atoms with Gasteiger partial charge in [0.05, 0.1) is 5.52 Å². The van der Waals surface area contributed by atoms with Gasteiger partial charge in [0.1, 0.15) is 0 Å². The Bertz CT molecular complexity index is 784. The molecule has 4 heteroatoms. The zero-order valence-corrected chi connectivity index (χ0v) is 12.1. The van der Waals surface area contributed by atoms with Gasteiger partial charge in [0.25, 0.3) is 0 Å². The number of rotatable bonds is 2. The molecule has 1 aromatic heterocycles. The fraction of sp³-hybridized carbons (Fsp3) is 0.125. The smallest absolute Gasteiger partial charge is 0.227 e. The minimum Gasteiger partial charge on any atom is -0.324 e. The molecule has 0 bridgehead atoms. The predicted octanol–water partition coefficient (Wildman–Crippen LogP) is 4.64. The van der Waals surface area contributed by atoms with Gasteiger partial charge >= 0.3 is 0 Å². The lowest BCUT2D eigenvalue weighted by Crippen LogP contribution is -1.99. The molecule has 3 nitrogen and oxygen atoms in total. The third-order valence-corrected chi connectivity index (χ3v) is 3.66. The number of aromatic nitrogens is 2. The van der Waals surface area contributed by atoms with Crippen molar-refractivity contribution in [2.45, 2.75) is 13.8 Å². The number of hydrogen-bond donors (Lipinski definition) is 1. The van der Waals surface area contributed by atoms with Gasteiger partial charge in [-0.1, -0.05) is 29.3 Å². The summed E-state index contributed by atoms with van der Waals surface area (Å²) < 4.78 is 0. The lowest BCUT2D eigenvalue weighted by Gasteiger charge is -2.09. The Kier molecular flexibility index (Phi) is 3.28. The van der Waals surface area contributed by atoms with Crippen LogP contribution in [-0.2, 0) is 0 Å². The molecule has 0 aliphatic heterocycles. The second kappa shape index (κ2) is 5.10. The van der Waals surface area contributed by atoms with Gasteiger partial charge in [-0.2, -0.15) is 0 Å². The SMILES string of the molecule is Cc1ccc2nc(Nc3cccc(Cl)c3C)ncc2c1. The van der Waals surface area contributed by atoms with E-state index in [2.05, 4.69) is 28.3 Å². The third-order valence-electron chi connectivity index (χ3n) is 3.25. The molecule has 0 saturated carbocycles. The monoisotopic (exact) mass is 283 g/mol. The number of nitrogens with one attached hydrogen (secondary N) is 1. The normalized spacial score (nSPS) is 10.8. The van der Waals surface area contributed by atoms with Gasteiger partial charge in [-0.25, -0.2) is 9.97 Å². The van der Waals surface area contributed by atoms with Crippen LogP contribution >= 0.6 is 11.6 Å². The molecule has 1 N–H and O–H groups in total. The zero-order valence-electron chi connectivity index (χ0n) is 11.3. The first-order valence-electron chi connectivity index (χ1n) is 6.39. The van der Waals surface area contributed by atoms with Crippen molar-refractivity contribution in [2.24, 2.45) is 0 Å². The fourth-order valence-corrected chi connectivity index (χ4v) is 2.25. The molecule has 2 aromatic carbocycles. The van der Waals surface area contributed by atoms with Crippen LogP contribution < -0.4 is 5.32 Å². The Hall–Kier alpha value is -2.13. The summed E-state index contributed by atoms with van der Waals surface area (Å²) in [5.41, 5.74) is 4.03. The molecule has 1 heterocycles. The van der Waals surface area contributed by atoms with Crippen molar-refractivity contribution in [3.05, 3.63) is 58.7 Å². The molecule has 3 rings (SSSR count). The number of benzene rings is 2. The van der Waals surface area contributed by atoms with Crippen LogP contribution in [0, 0.1) is 13.8 Å². The number of fused-ring (bicyclic) bond motifs is 1. The highest BCUT2D eigenvalue weighted by Gasteiger charge is 2.05. The summed E-state index contributed by atoms with van der Waals surface area (Å²) >= 11 is 6.11. The van der Waals surface area contributed by atoms with Crippen molar-refractivity contribution >= 4 is 34.1 Å². The molecule has 0 spiro atoms. The van der Waals surface area contributed by atoms with Gasteiger partial charge in [0.2, 0.25) is 5.95 Å². The summed E-state index contributed by atoms with van der Waals surface area (Å²) in [6.07, 6.45) is 1.83. The van der Waals surface area contributed by atoms with Crippen molar-refractivity contribution in [3.63, 3.8) is 0 Å². The largest absolute Gasteiger partial charge is 0.324 e. The van der Waals surface area contributed by atoms with E-state index in [1.807, 2.05) is 43.5 Å². The minimum atomic E-state index is 0.576. The van der Waals surface area contributed by atoms with Crippen LogP contribution in [0.4, 0.5) is 11.6 Å². The third kappa shape index (κ3) is 2.45. The maximum absolute atomic E-state index is 6.11. The van der Waals surface area contributed by atoms with E-state index in [0.29, 0.717) is 5.95 Å². The summed E-state index contributed by atoms with van der Waals surface area (Å²) in [5, 5.41) is 4.98. The van der Waals surface area contributed by atoms with E-state index in [1.165, 1.54) is 5.56 Å². The zero-order chi connectivity index (χ0) is 14.1. The van der Waals surface area contributed by atoms with Gasteiger partial charge < -0.3 is 5.32 Å². The molecular formula is C16H14ClN3. The molecule has 20 heavy (non-hydrogen) atoms. The molecule has 0 amide bonds. The highest BCUT2D eigenvalue weighted by Crippen LogP contribution is 2.25. The van der Waals surface area contributed by atoms with Crippen LogP contribution in [0.15, 0.2) is 42.6 Å². The minimum absolute atomic E-state index is 0.576. The average Bonchev–Trinajstić information content (AvgIpc) is 2.44. The number of halogens is 1. The molecule has 3 aromatic rings. The Balaban J connectivity index is 1.99. The first kappa shape index (κ1) is 12.9. The molecule has 0 saturated heterocycles. The van der Waals surface area contributed by atoms with Crippen molar-refractivity contribution < 1.29 is 0 Å². The highest BCUT2D eigenvalue weighted by atomic mass is 35.5. The van der Waals surface area contributed by atoms with Crippen LogP contribution in [0.2, 0.25) is 5.02 Å². The van der Waals surface area contributed by atoms with Gasteiger partial charge in [0, 0.05) is 22.3 Å². The van der Waals surface area contributed by atoms with E-state index in [9.17, 15) is 0 Å². The molecule has 0 radical (unpaired) electrons. The fourth-order valence-electron chi connectivity index (χ4n) is 2.08. The second-order valence-corrected chi connectivity index (χ2v) is 5.20. The van der Waals surface area contributed by atoms with E-state index >= 15 is 0 Å².